The highest BCUT2D eigenvalue weighted by molar-refractivity contribution is 5.70. The summed E-state index contributed by atoms with van der Waals surface area (Å²) in [6.07, 6.45) is 5.97. The summed E-state index contributed by atoms with van der Waals surface area (Å²) in [6.45, 7) is 6.17. The Hall–Kier alpha value is -1.38. The molecular weight excluding hydrogens is 186 g/mol. The fraction of sp³-hybridized carbons (Fsp3) is 0.500. The van der Waals surface area contributed by atoms with Gasteiger partial charge < -0.3 is 4.57 Å². The average Bonchev–Trinajstić information content (AvgIpc) is 2.64. The van der Waals surface area contributed by atoms with E-state index in [4.69, 9.17) is 0 Å². The molecule has 0 radical (unpaired) electrons. The second-order valence-electron chi connectivity index (χ2n) is 3.29. The first kappa shape index (κ1) is 11.7. The van der Waals surface area contributed by atoms with Crippen LogP contribution in [0.1, 0.15) is 32.8 Å². The Kier molecular flexibility index (Phi) is 4.28. The van der Waals surface area contributed by atoms with E-state index >= 15 is 0 Å². The molecule has 0 amide bonds. The Morgan fingerprint density at radius 2 is 2.00 bits per heavy atom. The summed E-state index contributed by atoms with van der Waals surface area (Å²) in [5.41, 5.74) is 3.22. The van der Waals surface area contributed by atoms with Crippen molar-refractivity contribution in [3.05, 3.63) is 24.2 Å². The SMILES string of the molecule is CC.CCCc1cnc2c(c1)ncn2C. The van der Waals surface area contributed by atoms with Gasteiger partial charge in [0.1, 0.15) is 5.52 Å². The van der Waals surface area contributed by atoms with Crippen molar-refractivity contribution < 1.29 is 0 Å². The Morgan fingerprint density at radius 3 is 2.67 bits per heavy atom. The maximum atomic E-state index is 4.36. The van der Waals surface area contributed by atoms with Gasteiger partial charge in [0.15, 0.2) is 5.65 Å². The number of aryl methyl sites for hydroxylation is 2. The third-order valence-electron chi connectivity index (χ3n) is 2.15. The van der Waals surface area contributed by atoms with E-state index in [9.17, 15) is 0 Å². The maximum absolute atomic E-state index is 4.36. The zero-order chi connectivity index (χ0) is 11.3. The number of hydrogen-bond donors (Lipinski definition) is 0. The highest BCUT2D eigenvalue weighted by Gasteiger charge is 2.01. The summed E-state index contributed by atoms with van der Waals surface area (Å²) in [5.74, 6) is 0. The molecule has 0 atom stereocenters. The molecule has 0 unspecified atom stereocenters. The first-order valence-electron chi connectivity index (χ1n) is 5.57. The topological polar surface area (TPSA) is 30.7 Å². The second-order valence-corrected chi connectivity index (χ2v) is 3.29. The van der Waals surface area contributed by atoms with E-state index in [0.29, 0.717) is 0 Å². The fourth-order valence-corrected chi connectivity index (χ4v) is 1.48. The maximum Gasteiger partial charge on any atom is 0.159 e. The molecule has 2 rings (SSSR count). The van der Waals surface area contributed by atoms with Crippen LogP contribution in [0, 0.1) is 0 Å². The fourth-order valence-electron chi connectivity index (χ4n) is 1.48. The molecule has 82 valence electrons. The van der Waals surface area contributed by atoms with Gasteiger partial charge in [-0.3, -0.25) is 0 Å². The molecule has 0 bridgehead atoms. The largest absolute Gasteiger partial charge is 0.318 e. The zero-order valence-corrected chi connectivity index (χ0v) is 9.99. The van der Waals surface area contributed by atoms with Gasteiger partial charge in [-0.25, -0.2) is 9.97 Å². The van der Waals surface area contributed by atoms with Crippen LogP contribution in [0.15, 0.2) is 18.6 Å². The van der Waals surface area contributed by atoms with Crippen molar-refractivity contribution in [2.45, 2.75) is 33.6 Å². The van der Waals surface area contributed by atoms with E-state index in [1.807, 2.05) is 31.7 Å². The van der Waals surface area contributed by atoms with E-state index in [-0.39, 0.29) is 0 Å². The Labute approximate surface area is 91.2 Å². The average molecular weight is 205 g/mol. The first-order chi connectivity index (χ1) is 7.31. The van der Waals surface area contributed by atoms with Crippen molar-refractivity contribution in [1.82, 2.24) is 14.5 Å². The van der Waals surface area contributed by atoms with Crippen LogP contribution >= 0.6 is 0 Å². The van der Waals surface area contributed by atoms with Crippen molar-refractivity contribution in [3.8, 4) is 0 Å². The van der Waals surface area contributed by atoms with Gasteiger partial charge in [0, 0.05) is 13.2 Å². The highest BCUT2D eigenvalue weighted by Crippen LogP contribution is 2.11. The van der Waals surface area contributed by atoms with Crippen molar-refractivity contribution in [2.24, 2.45) is 7.05 Å². The molecule has 0 aromatic carbocycles. The molecule has 0 aliphatic carbocycles. The molecule has 0 N–H and O–H groups in total. The number of pyridine rings is 1. The standard InChI is InChI=1S/C10H13N3.C2H6/c1-3-4-8-5-9-10(11-6-8)13(2)7-12-9;1-2/h5-7H,3-4H2,1-2H3;1-2H3. The van der Waals surface area contributed by atoms with Crippen LogP contribution in [0.3, 0.4) is 0 Å². The summed E-state index contributed by atoms with van der Waals surface area (Å²) >= 11 is 0. The second kappa shape index (κ2) is 5.49. The van der Waals surface area contributed by atoms with E-state index in [1.54, 1.807) is 6.33 Å². The smallest absolute Gasteiger partial charge is 0.159 e. The lowest BCUT2D eigenvalue weighted by molar-refractivity contribution is 0.908. The number of imidazole rings is 1. The van der Waals surface area contributed by atoms with Gasteiger partial charge in [-0.2, -0.15) is 0 Å². The van der Waals surface area contributed by atoms with Crippen LogP contribution < -0.4 is 0 Å². The number of fused-ring (bicyclic) bond motifs is 1. The van der Waals surface area contributed by atoms with Crippen molar-refractivity contribution in [1.29, 1.82) is 0 Å². The van der Waals surface area contributed by atoms with Crippen molar-refractivity contribution in [2.75, 3.05) is 0 Å². The quantitative estimate of drug-likeness (QED) is 0.754. The number of aromatic nitrogens is 3. The van der Waals surface area contributed by atoms with E-state index < -0.39 is 0 Å². The van der Waals surface area contributed by atoms with Crippen molar-refractivity contribution >= 4 is 11.2 Å². The number of rotatable bonds is 2. The minimum absolute atomic E-state index is 0.958. The first-order valence-corrected chi connectivity index (χ1v) is 5.57. The molecule has 0 aliphatic heterocycles. The van der Waals surface area contributed by atoms with Crippen LogP contribution in [0.5, 0.6) is 0 Å². The molecule has 0 fully saturated rings. The summed E-state index contributed by atoms with van der Waals surface area (Å²) in [4.78, 5) is 8.62. The van der Waals surface area contributed by atoms with Crippen molar-refractivity contribution in [3.63, 3.8) is 0 Å². The van der Waals surface area contributed by atoms with E-state index in [1.165, 1.54) is 5.56 Å². The van der Waals surface area contributed by atoms with Crippen LogP contribution in [0.25, 0.3) is 11.2 Å². The van der Waals surface area contributed by atoms with Crippen LogP contribution in [0.2, 0.25) is 0 Å². The lowest BCUT2D eigenvalue weighted by Gasteiger charge is -1.97. The predicted molar refractivity (Wildman–Crippen MR) is 63.9 cm³/mol. The summed E-state index contributed by atoms with van der Waals surface area (Å²) < 4.78 is 1.94. The number of nitrogens with zero attached hydrogens (tertiary/aromatic N) is 3. The minimum atomic E-state index is 0.958. The molecule has 15 heavy (non-hydrogen) atoms. The zero-order valence-electron chi connectivity index (χ0n) is 9.99. The van der Waals surface area contributed by atoms with Crippen LogP contribution in [-0.4, -0.2) is 14.5 Å². The predicted octanol–water partition coefficient (Wildman–Crippen LogP) is 2.95. The molecule has 0 saturated carbocycles. The molecule has 2 aromatic heterocycles. The Balaban J connectivity index is 0.000000531. The normalized spacial score (nSPS) is 9.87. The third kappa shape index (κ3) is 2.55. The molecule has 0 saturated heterocycles. The highest BCUT2D eigenvalue weighted by atomic mass is 15.1. The monoisotopic (exact) mass is 205 g/mol. The molecule has 3 heteroatoms. The summed E-state index contributed by atoms with van der Waals surface area (Å²) in [6, 6.07) is 2.12. The molecule has 0 aliphatic rings. The minimum Gasteiger partial charge on any atom is -0.318 e. The summed E-state index contributed by atoms with van der Waals surface area (Å²) in [5, 5.41) is 0. The van der Waals surface area contributed by atoms with Gasteiger partial charge >= 0.3 is 0 Å². The molecule has 2 aromatic rings. The molecular formula is C12H19N3. The lowest BCUT2D eigenvalue weighted by Crippen LogP contribution is -1.90. The Morgan fingerprint density at radius 1 is 1.27 bits per heavy atom. The molecule has 2 heterocycles. The van der Waals surface area contributed by atoms with E-state index in [0.717, 1.165) is 24.0 Å². The molecule has 3 nitrogen and oxygen atoms in total. The number of hydrogen-bond acceptors (Lipinski definition) is 2. The van der Waals surface area contributed by atoms with E-state index in [2.05, 4.69) is 23.0 Å². The Bertz CT molecular complexity index is 418. The van der Waals surface area contributed by atoms with Gasteiger partial charge in [0.2, 0.25) is 0 Å². The van der Waals surface area contributed by atoms with Gasteiger partial charge in [-0.05, 0) is 18.1 Å². The van der Waals surface area contributed by atoms with Gasteiger partial charge in [-0.15, -0.1) is 0 Å². The lowest BCUT2D eigenvalue weighted by atomic mass is 10.2. The van der Waals surface area contributed by atoms with Crippen LogP contribution in [-0.2, 0) is 13.5 Å². The van der Waals surface area contributed by atoms with Gasteiger partial charge in [0.05, 0.1) is 6.33 Å². The molecule has 0 spiro atoms. The summed E-state index contributed by atoms with van der Waals surface area (Å²) in [7, 11) is 1.96. The van der Waals surface area contributed by atoms with Gasteiger partial charge in [0.25, 0.3) is 0 Å². The third-order valence-corrected chi connectivity index (χ3v) is 2.15. The van der Waals surface area contributed by atoms with Crippen LogP contribution in [0.4, 0.5) is 0 Å². The van der Waals surface area contributed by atoms with Gasteiger partial charge in [-0.1, -0.05) is 27.2 Å².